The van der Waals surface area contributed by atoms with Gasteiger partial charge in [0, 0.05) is 31.7 Å². The lowest BCUT2D eigenvalue weighted by Crippen LogP contribution is -2.40. The second-order valence-electron chi connectivity index (χ2n) is 9.79. The third-order valence-electron chi connectivity index (χ3n) is 7.14. The Kier molecular flexibility index (Phi) is 11.8. The van der Waals surface area contributed by atoms with Crippen LogP contribution in [0.25, 0.3) is 16.9 Å². The van der Waals surface area contributed by atoms with Crippen molar-refractivity contribution in [2.75, 3.05) is 36.0 Å². The van der Waals surface area contributed by atoms with E-state index in [1.54, 1.807) is 16.9 Å². The van der Waals surface area contributed by atoms with Gasteiger partial charge in [0.2, 0.25) is 5.91 Å². The van der Waals surface area contributed by atoms with Crippen LogP contribution in [0.2, 0.25) is 0 Å². The van der Waals surface area contributed by atoms with Crippen molar-refractivity contribution in [2.45, 2.75) is 52.9 Å². The van der Waals surface area contributed by atoms with Crippen LogP contribution in [0.3, 0.4) is 0 Å². The third kappa shape index (κ3) is 8.85. The molecule has 41 heavy (non-hydrogen) atoms. The van der Waals surface area contributed by atoms with E-state index in [0.717, 1.165) is 48.2 Å². The van der Waals surface area contributed by atoms with Gasteiger partial charge in [-0.05, 0) is 49.6 Å². The van der Waals surface area contributed by atoms with Crippen LogP contribution >= 0.6 is 0 Å². The van der Waals surface area contributed by atoms with E-state index in [4.69, 9.17) is 5.26 Å². The zero-order valence-electron chi connectivity index (χ0n) is 24.0. The minimum absolute atomic E-state index is 0. The van der Waals surface area contributed by atoms with Gasteiger partial charge in [0.05, 0.1) is 35.7 Å². The van der Waals surface area contributed by atoms with E-state index >= 15 is 0 Å². The molecule has 2 aliphatic rings. The van der Waals surface area contributed by atoms with E-state index < -0.39 is 9.84 Å². The lowest BCUT2D eigenvalue weighted by molar-refractivity contribution is -0.125. The Morgan fingerprint density at radius 1 is 1.07 bits per heavy atom. The summed E-state index contributed by atoms with van der Waals surface area (Å²) in [6.07, 6.45) is 8.50. The molecule has 0 atom stereocenters. The molecule has 1 aromatic carbocycles. The molecule has 222 valence electrons. The zero-order valence-corrected chi connectivity index (χ0v) is 24.8. The van der Waals surface area contributed by atoms with E-state index in [0.29, 0.717) is 18.9 Å². The average molecular weight is 585 g/mol. The average Bonchev–Trinajstić information content (AvgIpc) is 3.39. The summed E-state index contributed by atoms with van der Waals surface area (Å²) in [5, 5.41) is 15.2. The van der Waals surface area contributed by atoms with Gasteiger partial charge in [0.15, 0.2) is 15.7 Å². The number of carbonyl (C=O) groups excluding carboxylic acids is 1. The quantitative estimate of drug-likeness (QED) is 0.415. The summed E-state index contributed by atoms with van der Waals surface area (Å²) < 4.78 is 37.9. The molecule has 5 rings (SSSR count). The highest BCUT2D eigenvalue weighted by Crippen LogP contribution is 2.27. The Bertz CT molecular complexity index is 1400. The van der Waals surface area contributed by atoms with Crippen molar-refractivity contribution in [1.29, 1.82) is 5.26 Å². The number of benzene rings is 1. The number of nitrogens with zero attached hydrogens (tertiary/aromatic N) is 5. The SMILES string of the molecule is CC.Cc1c(-c2ccc(N3CCS(=O)(=O)CC3)cc2)cnn1-c1ccc(F)cn1.N#CCNC(=O)C1CCCCC1.[HH]. The van der Waals surface area contributed by atoms with Crippen LogP contribution in [0.1, 0.15) is 53.1 Å². The Morgan fingerprint density at radius 3 is 2.32 bits per heavy atom. The van der Waals surface area contributed by atoms with E-state index in [9.17, 15) is 17.6 Å². The number of carbonyl (C=O) groups is 1. The summed E-state index contributed by atoms with van der Waals surface area (Å²) >= 11 is 0. The smallest absolute Gasteiger partial charge is 0.223 e. The molecule has 2 fully saturated rings. The first-order chi connectivity index (χ1) is 19.8. The molecule has 0 bridgehead atoms. The van der Waals surface area contributed by atoms with Crippen molar-refractivity contribution in [3.63, 3.8) is 0 Å². The van der Waals surface area contributed by atoms with Crippen molar-refractivity contribution in [1.82, 2.24) is 20.1 Å². The fraction of sp³-hybridized carbons (Fsp3) is 0.467. The number of sulfone groups is 1. The molecule has 1 saturated heterocycles. The number of amides is 1. The third-order valence-corrected chi connectivity index (χ3v) is 8.75. The number of aromatic nitrogens is 3. The van der Waals surface area contributed by atoms with Crippen LogP contribution in [0.5, 0.6) is 0 Å². The lowest BCUT2D eigenvalue weighted by atomic mass is 9.89. The fourth-order valence-electron chi connectivity index (χ4n) is 4.88. The van der Waals surface area contributed by atoms with Gasteiger partial charge < -0.3 is 10.2 Å². The molecule has 1 amide bonds. The molecule has 2 aromatic heterocycles. The van der Waals surface area contributed by atoms with Crippen LogP contribution in [-0.4, -0.2) is 60.2 Å². The Labute approximate surface area is 243 Å². The number of nitrogens with one attached hydrogen (secondary N) is 1. The van der Waals surface area contributed by atoms with Gasteiger partial charge in [-0.2, -0.15) is 10.4 Å². The van der Waals surface area contributed by atoms with Crippen LogP contribution < -0.4 is 10.2 Å². The fourth-order valence-corrected chi connectivity index (χ4v) is 6.08. The summed E-state index contributed by atoms with van der Waals surface area (Å²) in [5.74, 6) is 0.816. The molecule has 1 N–H and O–H groups in total. The molecule has 3 aromatic rings. The number of nitriles is 1. The highest BCUT2D eigenvalue weighted by atomic mass is 32.2. The lowest BCUT2D eigenvalue weighted by Gasteiger charge is -2.28. The van der Waals surface area contributed by atoms with Crippen LogP contribution in [0.4, 0.5) is 10.1 Å². The summed E-state index contributed by atoms with van der Waals surface area (Å²) in [6, 6.07) is 12.9. The minimum Gasteiger partial charge on any atom is -0.369 e. The summed E-state index contributed by atoms with van der Waals surface area (Å²) in [6.45, 7) is 7.13. The molecule has 9 nitrogen and oxygen atoms in total. The minimum atomic E-state index is -2.89. The van der Waals surface area contributed by atoms with Gasteiger partial charge in [-0.3, -0.25) is 4.79 Å². The van der Waals surface area contributed by atoms with Crippen molar-refractivity contribution >= 4 is 21.4 Å². The molecule has 1 aliphatic carbocycles. The second-order valence-corrected chi connectivity index (χ2v) is 12.1. The summed E-state index contributed by atoms with van der Waals surface area (Å²) in [4.78, 5) is 17.5. The van der Waals surface area contributed by atoms with Crippen LogP contribution in [0.15, 0.2) is 48.8 Å². The van der Waals surface area contributed by atoms with Crippen molar-refractivity contribution in [2.24, 2.45) is 5.92 Å². The van der Waals surface area contributed by atoms with Gasteiger partial charge >= 0.3 is 0 Å². The molecule has 3 heterocycles. The predicted octanol–water partition coefficient (Wildman–Crippen LogP) is 5.10. The standard InChI is InChI=1S/C19H19FN4O2S.C9H14N2O.C2H6.H2/c1-14-18(13-22-24(14)19-7-4-16(20)12-21-19)15-2-5-17(6-3-15)23-8-10-27(25,26)11-9-23;10-6-7-11-9(12)8-4-2-1-3-5-8;1-2;/h2-7,12-13H,8-11H2,1H3;8H,1-5,7H2,(H,11,12);1-2H3;1H. The highest BCUT2D eigenvalue weighted by molar-refractivity contribution is 7.91. The van der Waals surface area contributed by atoms with Gasteiger partial charge in [-0.15, -0.1) is 0 Å². The Morgan fingerprint density at radius 2 is 1.73 bits per heavy atom. The first-order valence-electron chi connectivity index (χ1n) is 14.1. The monoisotopic (exact) mass is 584 g/mol. The molecule has 0 radical (unpaired) electrons. The number of hydrogen-bond donors (Lipinski definition) is 1. The molecule has 0 unspecified atom stereocenters. The van der Waals surface area contributed by atoms with Gasteiger partial charge in [0.1, 0.15) is 12.4 Å². The van der Waals surface area contributed by atoms with E-state index in [2.05, 4.69) is 20.3 Å². The van der Waals surface area contributed by atoms with Crippen molar-refractivity contribution in [3.05, 3.63) is 60.3 Å². The molecular weight excluding hydrogens is 543 g/mol. The van der Waals surface area contributed by atoms with Crippen LogP contribution in [-0.2, 0) is 14.6 Å². The maximum atomic E-state index is 13.1. The maximum absolute atomic E-state index is 13.1. The van der Waals surface area contributed by atoms with Gasteiger partial charge in [-0.25, -0.2) is 22.5 Å². The predicted molar refractivity (Wildman–Crippen MR) is 161 cm³/mol. The Hall–Kier alpha value is -3.78. The number of halogens is 1. The molecule has 0 spiro atoms. The molecular formula is C30H41FN6O3S. The molecule has 1 saturated carbocycles. The van der Waals surface area contributed by atoms with E-state index in [-0.39, 0.29) is 37.1 Å². The number of pyridine rings is 1. The largest absolute Gasteiger partial charge is 0.369 e. The number of hydrogen-bond acceptors (Lipinski definition) is 7. The number of rotatable bonds is 5. The van der Waals surface area contributed by atoms with E-state index in [1.807, 2.05) is 51.1 Å². The van der Waals surface area contributed by atoms with Gasteiger partial charge in [0.25, 0.3) is 0 Å². The highest BCUT2D eigenvalue weighted by Gasteiger charge is 2.22. The zero-order chi connectivity index (χ0) is 29.8. The second kappa shape index (κ2) is 15.3. The number of anilines is 1. The van der Waals surface area contributed by atoms with Gasteiger partial charge in [-0.1, -0.05) is 45.2 Å². The topological polar surface area (TPSA) is 121 Å². The van der Waals surface area contributed by atoms with Crippen molar-refractivity contribution < 1.29 is 19.0 Å². The normalized spacial score (nSPS) is 16.3. The first kappa shape index (κ1) is 31.7. The maximum Gasteiger partial charge on any atom is 0.223 e. The van der Waals surface area contributed by atoms with Crippen molar-refractivity contribution in [3.8, 4) is 23.0 Å². The van der Waals surface area contributed by atoms with Crippen LogP contribution in [0, 0.1) is 30.0 Å². The molecule has 1 aliphatic heterocycles. The first-order valence-corrected chi connectivity index (χ1v) is 16.0. The summed E-state index contributed by atoms with van der Waals surface area (Å²) in [7, 11) is -2.89. The molecule has 11 heteroatoms. The Balaban J connectivity index is 0.000000348. The summed E-state index contributed by atoms with van der Waals surface area (Å²) in [5.41, 5.74) is 3.90. The van der Waals surface area contributed by atoms with E-state index in [1.165, 1.54) is 18.7 Å².